The molecule has 35 heavy (non-hydrogen) atoms. The van der Waals surface area contributed by atoms with Crippen molar-refractivity contribution in [3.8, 4) is 0 Å². The number of carbonyl (C=O) groups excluding carboxylic acids is 1. The highest BCUT2D eigenvalue weighted by Crippen LogP contribution is 2.36. The first kappa shape index (κ1) is 25.4. The van der Waals surface area contributed by atoms with Crippen molar-refractivity contribution in [1.29, 1.82) is 0 Å². The fourth-order valence-corrected chi connectivity index (χ4v) is 6.01. The van der Waals surface area contributed by atoms with E-state index in [1.807, 2.05) is 19.9 Å². The molecule has 0 amide bonds. The van der Waals surface area contributed by atoms with Crippen LogP contribution in [0.15, 0.2) is 41.4 Å². The lowest BCUT2D eigenvalue weighted by molar-refractivity contribution is -0.145. The molecule has 0 aliphatic carbocycles. The Morgan fingerprint density at radius 2 is 2.00 bits per heavy atom. The van der Waals surface area contributed by atoms with Crippen molar-refractivity contribution < 1.29 is 17.9 Å². The van der Waals surface area contributed by atoms with Crippen molar-refractivity contribution >= 4 is 39.1 Å². The van der Waals surface area contributed by atoms with Crippen LogP contribution in [-0.2, 0) is 19.6 Å². The van der Waals surface area contributed by atoms with Crippen LogP contribution in [0.5, 0.6) is 0 Å². The van der Waals surface area contributed by atoms with Crippen LogP contribution in [0, 0.1) is 6.92 Å². The van der Waals surface area contributed by atoms with Gasteiger partial charge >= 0.3 is 5.97 Å². The number of carbonyl (C=O) groups is 1. The number of fused-ring (bicyclic) bond motifs is 1. The van der Waals surface area contributed by atoms with Gasteiger partial charge in [-0.2, -0.15) is 9.61 Å². The summed E-state index contributed by atoms with van der Waals surface area (Å²) in [6, 6.07) is 7.60. The quantitative estimate of drug-likeness (QED) is 0.430. The normalized spacial score (nSPS) is 17.1. The summed E-state index contributed by atoms with van der Waals surface area (Å²) in [6.07, 6.45) is 3.68. The third kappa shape index (κ3) is 5.29. The summed E-state index contributed by atoms with van der Waals surface area (Å²) in [5.74, 6) is -0.00996. The largest absolute Gasteiger partial charge is 0.466 e. The monoisotopic (exact) mass is 519 g/mol. The summed E-state index contributed by atoms with van der Waals surface area (Å²) in [6.45, 7) is 7.04. The number of halogens is 1. The molecule has 1 aliphatic rings. The first-order valence-corrected chi connectivity index (χ1v) is 13.6. The first-order chi connectivity index (χ1) is 16.7. The minimum Gasteiger partial charge on any atom is -0.466 e. The lowest BCUT2D eigenvalue weighted by Gasteiger charge is -2.27. The van der Waals surface area contributed by atoms with Gasteiger partial charge in [-0.15, -0.1) is 0 Å². The molecule has 1 fully saturated rings. The van der Waals surface area contributed by atoms with Crippen molar-refractivity contribution in [3.05, 3.63) is 52.8 Å². The highest BCUT2D eigenvalue weighted by Gasteiger charge is 2.35. The topological polar surface area (TPSA) is 106 Å². The number of rotatable bonds is 9. The number of aromatic nitrogens is 3. The molecule has 2 unspecified atom stereocenters. The Morgan fingerprint density at radius 3 is 2.69 bits per heavy atom. The van der Waals surface area contributed by atoms with Gasteiger partial charge in [0.15, 0.2) is 5.65 Å². The van der Waals surface area contributed by atoms with Crippen LogP contribution in [0.2, 0.25) is 5.02 Å². The molecule has 1 saturated heterocycles. The van der Waals surface area contributed by atoms with E-state index in [2.05, 4.69) is 19.7 Å². The molecular formula is C24H30ClN5O4S. The zero-order valence-electron chi connectivity index (χ0n) is 20.1. The fourth-order valence-electron chi connectivity index (χ4n) is 4.63. The molecule has 9 nitrogen and oxygen atoms in total. The second kappa shape index (κ2) is 10.5. The van der Waals surface area contributed by atoms with Gasteiger partial charge in [-0.05, 0) is 51.0 Å². The standard InChI is InChI=1S/C24H30ClN5O4S/c1-4-6-20(24(31)34-5-2)22-16(3)27-21-11-13-26-30(21)23(22)29-14-12-18(15-29)28-35(32,33)19-9-7-17(25)8-10-19/h7-11,13,18,20,28H,4-6,12,14-15H2,1-3H3. The van der Waals surface area contributed by atoms with Gasteiger partial charge in [-0.1, -0.05) is 24.9 Å². The van der Waals surface area contributed by atoms with E-state index >= 15 is 0 Å². The number of benzene rings is 1. The third-order valence-corrected chi connectivity index (χ3v) is 7.96. The van der Waals surface area contributed by atoms with Crippen LogP contribution in [0.3, 0.4) is 0 Å². The molecule has 0 bridgehead atoms. The summed E-state index contributed by atoms with van der Waals surface area (Å²) >= 11 is 5.91. The third-order valence-electron chi connectivity index (χ3n) is 6.17. The molecule has 0 saturated carbocycles. The van der Waals surface area contributed by atoms with Gasteiger partial charge in [0, 0.05) is 41.5 Å². The summed E-state index contributed by atoms with van der Waals surface area (Å²) in [5, 5.41) is 4.95. The maximum Gasteiger partial charge on any atom is 0.313 e. The highest BCUT2D eigenvalue weighted by molar-refractivity contribution is 7.89. The second-order valence-electron chi connectivity index (χ2n) is 8.64. The molecule has 0 spiro atoms. The van der Waals surface area contributed by atoms with Crippen molar-refractivity contribution in [1.82, 2.24) is 19.3 Å². The summed E-state index contributed by atoms with van der Waals surface area (Å²) in [4.78, 5) is 19.9. The molecule has 3 heterocycles. The Hall–Kier alpha value is -2.69. The van der Waals surface area contributed by atoms with Crippen LogP contribution in [-0.4, -0.2) is 54.7 Å². The van der Waals surface area contributed by atoms with Crippen molar-refractivity contribution in [2.45, 2.75) is 56.9 Å². The van der Waals surface area contributed by atoms with Gasteiger partial charge in [0.2, 0.25) is 10.0 Å². The summed E-state index contributed by atoms with van der Waals surface area (Å²) in [5.41, 5.74) is 2.19. The Kier molecular flexibility index (Phi) is 7.63. The van der Waals surface area contributed by atoms with Gasteiger partial charge in [0.1, 0.15) is 5.82 Å². The number of anilines is 1. The molecule has 2 aromatic heterocycles. The van der Waals surface area contributed by atoms with E-state index < -0.39 is 15.9 Å². The van der Waals surface area contributed by atoms with E-state index in [1.165, 1.54) is 12.1 Å². The molecule has 11 heteroatoms. The number of aryl methyl sites for hydroxylation is 1. The maximum atomic E-state index is 13.0. The van der Waals surface area contributed by atoms with E-state index in [-0.39, 0.29) is 16.9 Å². The molecule has 1 aromatic carbocycles. The van der Waals surface area contributed by atoms with Crippen LogP contribution in [0.1, 0.15) is 50.3 Å². The van der Waals surface area contributed by atoms with Crippen LogP contribution in [0.25, 0.3) is 5.65 Å². The number of hydrogen-bond acceptors (Lipinski definition) is 7. The summed E-state index contributed by atoms with van der Waals surface area (Å²) < 4.78 is 35.8. The average Bonchev–Trinajstić information content (AvgIpc) is 3.46. The van der Waals surface area contributed by atoms with Gasteiger partial charge in [0.25, 0.3) is 0 Å². The van der Waals surface area contributed by atoms with Gasteiger partial charge in [-0.25, -0.2) is 18.1 Å². The first-order valence-electron chi connectivity index (χ1n) is 11.8. The Balaban J connectivity index is 1.68. The smallest absolute Gasteiger partial charge is 0.313 e. The number of sulfonamides is 1. The van der Waals surface area contributed by atoms with E-state index in [9.17, 15) is 13.2 Å². The number of ether oxygens (including phenoxy) is 1. The summed E-state index contributed by atoms with van der Waals surface area (Å²) in [7, 11) is -3.71. The Morgan fingerprint density at radius 1 is 1.26 bits per heavy atom. The molecule has 4 rings (SSSR count). The van der Waals surface area contributed by atoms with E-state index in [0.29, 0.717) is 43.2 Å². The minimum atomic E-state index is -3.71. The fraction of sp³-hybridized carbons (Fsp3) is 0.458. The van der Waals surface area contributed by atoms with E-state index in [1.54, 1.807) is 29.8 Å². The van der Waals surface area contributed by atoms with Crippen molar-refractivity contribution in [3.63, 3.8) is 0 Å². The van der Waals surface area contributed by atoms with Crippen LogP contribution < -0.4 is 9.62 Å². The molecule has 1 N–H and O–H groups in total. The number of hydrogen-bond donors (Lipinski definition) is 1. The van der Waals surface area contributed by atoms with Crippen molar-refractivity contribution in [2.24, 2.45) is 0 Å². The van der Waals surface area contributed by atoms with Gasteiger partial charge in [0.05, 0.1) is 23.6 Å². The number of esters is 1. The zero-order valence-corrected chi connectivity index (χ0v) is 21.6. The average molecular weight is 520 g/mol. The molecule has 1 aliphatic heterocycles. The molecule has 2 atom stereocenters. The van der Waals surface area contributed by atoms with Gasteiger partial charge in [-0.3, -0.25) is 4.79 Å². The van der Waals surface area contributed by atoms with Gasteiger partial charge < -0.3 is 9.64 Å². The lowest BCUT2D eigenvalue weighted by Crippen LogP contribution is -2.37. The second-order valence-corrected chi connectivity index (χ2v) is 10.8. The number of nitrogens with one attached hydrogen (secondary N) is 1. The van der Waals surface area contributed by atoms with E-state index in [0.717, 1.165) is 23.5 Å². The molecule has 3 aromatic rings. The maximum absolute atomic E-state index is 13.0. The number of nitrogens with zero attached hydrogens (tertiary/aromatic N) is 4. The Bertz CT molecular complexity index is 1310. The predicted octanol–water partition coefficient (Wildman–Crippen LogP) is 3.70. The van der Waals surface area contributed by atoms with E-state index in [4.69, 9.17) is 16.3 Å². The van der Waals surface area contributed by atoms with Crippen LogP contribution >= 0.6 is 11.6 Å². The minimum absolute atomic E-state index is 0.167. The predicted molar refractivity (Wildman–Crippen MR) is 134 cm³/mol. The zero-order chi connectivity index (χ0) is 25.2. The SMILES string of the molecule is CCCC(C(=O)OCC)c1c(C)nc2ccnn2c1N1CCC(NS(=O)(=O)c2ccc(Cl)cc2)C1. The Labute approximate surface area is 210 Å². The van der Waals surface area contributed by atoms with Crippen LogP contribution in [0.4, 0.5) is 5.82 Å². The highest BCUT2D eigenvalue weighted by atomic mass is 35.5. The molecule has 0 radical (unpaired) electrons. The van der Waals surface area contributed by atoms with Crippen molar-refractivity contribution in [2.75, 3.05) is 24.6 Å². The molecular weight excluding hydrogens is 490 g/mol. The molecule has 188 valence electrons. The lowest BCUT2D eigenvalue weighted by atomic mass is 9.93.